The second kappa shape index (κ2) is 6.40. The summed E-state index contributed by atoms with van der Waals surface area (Å²) in [4.78, 5) is 23.9. The van der Waals surface area contributed by atoms with E-state index in [1.807, 2.05) is 0 Å². The van der Waals surface area contributed by atoms with Gasteiger partial charge in [-0.1, -0.05) is 0 Å². The lowest BCUT2D eigenvalue weighted by molar-refractivity contribution is -0.118. The van der Waals surface area contributed by atoms with Crippen molar-refractivity contribution < 1.29 is 14.0 Å². The van der Waals surface area contributed by atoms with Crippen LogP contribution in [0.1, 0.15) is 23.6 Å². The fraction of sp³-hybridized carbons (Fsp3) is 0.312. The highest BCUT2D eigenvalue weighted by Crippen LogP contribution is 2.29. The molecule has 3 rings (SSSR count). The Hall–Kier alpha value is -2.74. The van der Waals surface area contributed by atoms with Crippen LogP contribution < -0.4 is 16.0 Å². The molecule has 1 unspecified atom stereocenters. The largest absolute Gasteiger partial charge is 0.326 e. The minimum atomic E-state index is -0.663. The second-order valence-corrected chi connectivity index (χ2v) is 5.70. The number of likely N-dealkylation sites (N-methyl/N-ethyl adjacent to an activating group) is 1. The molecular weight excluding hydrogens is 313 g/mol. The number of aromatic nitrogens is 2. The lowest BCUT2D eigenvalue weighted by Gasteiger charge is -2.20. The molecule has 0 saturated carbocycles. The van der Waals surface area contributed by atoms with Gasteiger partial charge in [-0.2, -0.15) is 5.10 Å². The third-order valence-corrected chi connectivity index (χ3v) is 3.96. The smallest absolute Gasteiger partial charge is 0.246 e. The zero-order chi connectivity index (χ0) is 17.3. The summed E-state index contributed by atoms with van der Waals surface area (Å²) in [5, 5.41) is 12.2. The molecule has 0 aliphatic carbocycles. The van der Waals surface area contributed by atoms with Gasteiger partial charge < -0.3 is 16.0 Å². The Morgan fingerprint density at radius 3 is 2.88 bits per heavy atom. The summed E-state index contributed by atoms with van der Waals surface area (Å²) in [7, 11) is 3.39. The van der Waals surface area contributed by atoms with Gasteiger partial charge in [0.05, 0.1) is 11.9 Å². The summed E-state index contributed by atoms with van der Waals surface area (Å²) in [5.41, 5.74) is 1.96. The number of rotatable bonds is 4. The maximum absolute atomic E-state index is 14.2. The molecule has 1 aromatic heterocycles. The predicted molar refractivity (Wildman–Crippen MR) is 87.0 cm³/mol. The summed E-state index contributed by atoms with van der Waals surface area (Å²) >= 11 is 0. The molecule has 3 N–H and O–H groups in total. The van der Waals surface area contributed by atoms with Gasteiger partial charge in [0.25, 0.3) is 0 Å². The minimum absolute atomic E-state index is 0.0325. The highest BCUT2D eigenvalue weighted by molar-refractivity contribution is 5.98. The Morgan fingerprint density at radius 2 is 2.21 bits per heavy atom. The molecule has 24 heavy (non-hydrogen) atoms. The Kier molecular flexibility index (Phi) is 4.30. The third-order valence-electron chi connectivity index (χ3n) is 3.96. The maximum atomic E-state index is 14.2. The quantitative estimate of drug-likeness (QED) is 0.789. The van der Waals surface area contributed by atoms with Crippen molar-refractivity contribution in [2.45, 2.75) is 18.9 Å². The van der Waals surface area contributed by atoms with E-state index in [-0.39, 0.29) is 11.6 Å². The Labute approximate surface area is 138 Å². The van der Waals surface area contributed by atoms with Gasteiger partial charge in [0.1, 0.15) is 11.9 Å². The van der Waals surface area contributed by atoms with E-state index >= 15 is 0 Å². The average Bonchev–Trinajstić information content (AvgIpc) is 2.95. The van der Waals surface area contributed by atoms with Crippen molar-refractivity contribution in [1.29, 1.82) is 0 Å². The molecule has 0 fully saturated rings. The molecule has 7 nitrogen and oxygen atoms in total. The van der Waals surface area contributed by atoms with E-state index in [0.29, 0.717) is 24.1 Å². The number of aryl methyl sites for hydroxylation is 2. The van der Waals surface area contributed by atoms with Gasteiger partial charge in [0.2, 0.25) is 11.8 Å². The van der Waals surface area contributed by atoms with Crippen LogP contribution in [-0.4, -0.2) is 28.6 Å². The van der Waals surface area contributed by atoms with Crippen molar-refractivity contribution in [3.05, 3.63) is 41.5 Å². The number of halogens is 1. The average molecular weight is 331 g/mol. The zero-order valence-corrected chi connectivity index (χ0v) is 13.4. The molecule has 0 saturated heterocycles. The lowest BCUT2D eigenvalue weighted by atomic mass is 10.0. The van der Waals surface area contributed by atoms with Crippen LogP contribution in [0.2, 0.25) is 0 Å². The number of carbonyl (C=O) groups is 2. The van der Waals surface area contributed by atoms with Crippen LogP contribution in [0.3, 0.4) is 0 Å². The van der Waals surface area contributed by atoms with E-state index < -0.39 is 17.8 Å². The molecule has 8 heteroatoms. The van der Waals surface area contributed by atoms with E-state index in [0.717, 1.165) is 5.56 Å². The summed E-state index contributed by atoms with van der Waals surface area (Å²) in [5.74, 6) is -1.05. The standard InChI is InChI=1S/C16H18FN5O2/c1-18-15(10-7-19-22(2)8-10)16(24)21-13-6-12-9(5-11(13)17)3-4-14(23)20-12/h5-8,15,18H,3-4H2,1-2H3,(H,20,23)(H,21,24). The molecule has 1 aliphatic rings. The molecule has 126 valence electrons. The van der Waals surface area contributed by atoms with Gasteiger partial charge in [0.15, 0.2) is 0 Å². The molecule has 1 aromatic carbocycles. The third kappa shape index (κ3) is 3.13. The van der Waals surface area contributed by atoms with Crippen molar-refractivity contribution in [3.8, 4) is 0 Å². The van der Waals surface area contributed by atoms with Gasteiger partial charge in [-0.05, 0) is 31.2 Å². The normalized spacial score (nSPS) is 14.7. The van der Waals surface area contributed by atoms with Crippen LogP contribution in [0.15, 0.2) is 24.5 Å². The Balaban J connectivity index is 1.83. The topological polar surface area (TPSA) is 88.1 Å². The number of anilines is 2. The van der Waals surface area contributed by atoms with Crippen molar-refractivity contribution in [1.82, 2.24) is 15.1 Å². The summed E-state index contributed by atoms with van der Waals surface area (Å²) in [6.45, 7) is 0. The fourth-order valence-corrected chi connectivity index (χ4v) is 2.74. The first-order valence-electron chi connectivity index (χ1n) is 7.57. The Morgan fingerprint density at radius 1 is 1.42 bits per heavy atom. The number of hydrogen-bond donors (Lipinski definition) is 3. The molecule has 2 aromatic rings. The summed E-state index contributed by atoms with van der Waals surface area (Å²) in [6.07, 6.45) is 4.11. The van der Waals surface area contributed by atoms with Gasteiger partial charge >= 0.3 is 0 Å². The molecule has 0 bridgehead atoms. The van der Waals surface area contributed by atoms with E-state index in [9.17, 15) is 14.0 Å². The molecule has 2 amide bonds. The number of carbonyl (C=O) groups excluding carboxylic acids is 2. The number of benzene rings is 1. The molecule has 1 atom stereocenters. The molecule has 0 spiro atoms. The van der Waals surface area contributed by atoms with Crippen molar-refractivity contribution in [2.24, 2.45) is 7.05 Å². The van der Waals surface area contributed by atoms with Crippen LogP contribution in [-0.2, 0) is 23.1 Å². The van der Waals surface area contributed by atoms with Crippen molar-refractivity contribution >= 4 is 23.2 Å². The van der Waals surface area contributed by atoms with Crippen LogP contribution >= 0.6 is 0 Å². The maximum Gasteiger partial charge on any atom is 0.246 e. The van der Waals surface area contributed by atoms with Crippen molar-refractivity contribution in [2.75, 3.05) is 17.7 Å². The van der Waals surface area contributed by atoms with Crippen LogP contribution in [0.25, 0.3) is 0 Å². The fourth-order valence-electron chi connectivity index (χ4n) is 2.74. The van der Waals surface area contributed by atoms with Crippen LogP contribution in [0.5, 0.6) is 0 Å². The first-order valence-corrected chi connectivity index (χ1v) is 7.57. The van der Waals surface area contributed by atoms with Gasteiger partial charge in [-0.25, -0.2) is 4.39 Å². The Bertz CT molecular complexity index is 802. The summed E-state index contributed by atoms with van der Waals surface area (Å²) in [6, 6.07) is 2.14. The summed E-state index contributed by atoms with van der Waals surface area (Å²) < 4.78 is 15.8. The monoisotopic (exact) mass is 331 g/mol. The second-order valence-electron chi connectivity index (χ2n) is 5.70. The SMILES string of the molecule is CNC(C(=O)Nc1cc2c(cc1F)CCC(=O)N2)c1cnn(C)c1. The molecule has 0 radical (unpaired) electrons. The van der Waals surface area contributed by atoms with E-state index in [1.165, 1.54) is 12.1 Å². The van der Waals surface area contributed by atoms with E-state index in [2.05, 4.69) is 21.0 Å². The van der Waals surface area contributed by atoms with Crippen LogP contribution in [0, 0.1) is 5.82 Å². The first kappa shape index (κ1) is 16.1. The van der Waals surface area contributed by atoms with Crippen LogP contribution in [0.4, 0.5) is 15.8 Å². The minimum Gasteiger partial charge on any atom is -0.326 e. The van der Waals surface area contributed by atoms with E-state index in [4.69, 9.17) is 0 Å². The first-order chi connectivity index (χ1) is 11.5. The number of nitrogens with zero attached hydrogens (tertiary/aromatic N) is 2. The number of hydrogen-bond acceptors (Lipinski definition) is 4. The molecular formula is C16H18FN5O2. The van der Waals surface area contributed by atoms with Gasteiger partial charge in [0, 0.05) is 30.9 Å². The van der Waals surface area contributed by atoms with E-state index in [1.54, 1.807) is 31.2 Å². The molecule has 2 heterocycles. The molecule has 1 aliphatic heterocycles. The predicted octanol–water partition coefficient (Wildman–Crippen LogP) is 1.34. The highest BCUT2D eigenvalue weighted by atomic mass is 19.1. The van der Waals surface area contributed by atoms with Crippen molar-refractivity contribution in [3.63, 3.8) is 0 Å². The number of fused-ring (bicyclic) bond motifs is 1. The number of nitrogens with one attached hydrogen (secondary N) is 3. The zero-order valence-electron chi connectivity index (χ0n) is 13.4. The number of amides is 2. The lowest BCUT2D eigenvalue weighted by Crippen LogP contribution is -2.31. The van der Waals surface area contributed by atoms with Gasteiger partial charge in [-0.3, -0.25) is 14.3 Å². The highest BCUT2D eigenvalue weighted by Gasteiger charge is 2.23. The van der Waals surface area contributed by atoms with Gasteiger partial charge in [-0.15, -0.1) is 0 Å².